The molecule has 0 amide bonds. The molecule has 2 heterocycles. The average molecular weight is 462 g/mol. The van der Waals surface area contributed by atoms with Gasteiger partial charge >= 0.3 is 0 Å². The number of rotatable bonds is 7. The monoisotopic (exact) mass is 462 g/mol. The van der Waals surface area contributed by atoms with E-state index in [1.807, 2.05) is 0 Å². The van der Waals surface area contributed by atoms with Gasteiger partial charge in [-0.2, -0.15) is 13.9 Å². The Labute approximate surface area is 187 Å². The van der Waals surface area contributed by atoms with Gasteiger partial charge in [0.25, 0.3) is 17.0 Å². The molecule has 1 aliphatic carbocycles. The summed E-state index contributed by atoms with van der Waals surface area (Å²) >= 11 is 0. The van der Waals surface area contributed by atoms with Gasteiger partial charge in [0.15, 0.2) is 5.82 Å². The molecule has 3 aromatic rings. The van der Waals surface area contributed by atoms with Gasteiger partial charge in [-0.3, -0.25) is 9.59 Å². The molecule has 7 nitrogen and oxygen atoms in total. The molecule has 1 saturated carbocycles. The SMILES string of the molecule is Cc1c([C@H](C)Nc2nn(C)c(=O)c3cc(=O)n(C4(CF)CC4)cc23)cccc1C(F)(F)CO. The summed E-state index contributed by atoms with van der Waals surface area (Å²) in [6.45, 7) is 1.30. The number of nitrogens with zero attached hydrogens (tertiary/aromatic N) is 3. The van der Waals surface area contributed by atoms with Crippen LogP contribution in [0.15, 0.2) is 40.1 Å². The van der Waals surface area contributed by atoms with Crippen LogP contribution in [0.2, 0.25) is 0 Å². The van der Waals surface area contributed by atoms with Crippen molar-refractivity contribution in [1.82, 2.24) is 14.3 Å². The fraction of sp³-hybridized carbons (Fsp3) is 0.435. The highest BCUT2D eigenvalue weighted by Gasteiger charge is 2.45. The van der Waals surface area contributed by atoms with Crippen LogP contribution < -0.4 is 16.4 Å². The number of hydrogen-bond acceptors (Lipinski definition) is 5. The Morgan fingerprint density at radius 2 is 1.97 bits per heavy atom. The molecule has 0 bridgehead atoms. The van der Waals surface area contributed by atoms with E-state index >= 15 is 0 Å². The van der Waals surface area contributed by atoms with Crippen LogP contribution in [-0.2, 0) is 18.5 Å². The summed E-state index contributed by atoms with van der Waals surface area (Å²) < 4.78 is 44.4. The van der Waals surface area contributed by atoms with E-state index in [1.54, 1.807) is 19.9 Å². The second-order valence-electron chi connectivity index (χ2n) is 8.69. The van der Waals surface area contributed by atoms with Crippen LogP contribution in [0.25, 0.3) is 10.8 Å². The minimum absolute atomic E-state index is 0.135. The van der Waals surface area contributed by atoms with Gasteiger partial charge in [-0.1, -0.05) is 18.2 Å². The maximum absolute atomic E-state index is 14.2. The van der Waals surface area contributed by atoms with Gasteiger partial charge in [-0.05, 0) is 37.8 Å². The smallest absolute Gasteiger partial charge is 0.296 e. The van der Waals surface area contributed by atoms with E-state index in [2.05, 4.69) is 10.4 Å². The zero-order chi connectivity index (χ0) is 24.1. The number of halogens is 3. The molecule has 1 atom stereocenters. The summed E-state index contributed by atoms with van der Waals surface area (Å²) in [6.07, 6.45) is 2.51. The highest BCUT2D eigenvalue weighted by molar-refractivity contribution is 5.90. The Morgan fingerprint density at radius 3 is 2.58 bits per heavy atom. The number of nitrogens with one attached hydrogen (secondary N) is 1. The van der Waals surface area contributed by atoms with Gasteiger partial charge in [-0.25, -0.2) is 9.07 Å². The Balaban J connectivity index is 1.82. The molecule has 0 spiro atoms. The molecule has 10 heteroatoms. The first kappa shape index (κ1) is 23.0. The zero-order valence-corrected chi connectivity index (χ0v) is 18.5. The second-order valence-corrected chi connectivity index (χ2v) is 8.69. The molecule has 1 fully saturated rings. The van der Waals surface area contributed by atoms with E-state index in [9.17, 15) is 22.8 Å². The Morgan fingerprint density at radius 1 is 1.27 bits per heavy atom. The molecule has 4 rings (SSSR count). The summed E-state index contributed by atoms with van der Waals surface area (Å²) in [7, 11) is 1.45. The van der Waals surface area contributed by atoms with E-state index in [1.165, 1.54) is 36.0 Å². The predicted molar refractivity (Wildman–Crippen MR) is 119 cm³/mol. The highest BCUT2D eigenvalue weighted by atomic mass is 19.3. The average Bonchev–Trinajstić information content (AvgIpc) is 3.58. The molecule has 1 aromatic carbocycles. The summed E-state index contributed by atoms with van der Waals surface area (Å²) in [4.78, 5) is 25.2. The van der Waals surface area contributed by atoms with Crippen molar-refractivity contribution in [3.8, 4) is 0 Å². The van der Waals surface area contributed by atoms with Crippen LogP contribution in [0.5, 0.6) is 0 Å². The summed E-state index contributed by atoms with van der Waals surface area (Å²) in [5.41, 5.74) is -1.23. The Bertz CT molecular complexity index is 1350. The largest absolute Gasteiger partial charge is 0.390 e. The number of hydrogen-bond donors (Lipinski definition) is 2. The topological polar surface area (TPSA) is 89.2 Å². The lowest BCUT2D eigenvalue weighted by Gasteiger charge is -2.23. The highest BCUT2D eigenvalue weighted by Crippen LogP contribution is 2.43. The van der Waals surface area contributed by atoms with Crippen LogP contribution in [-0.4, -0.2) is 32.7 Å². The first-order chi connectivity index (χ1) is 15.5. The lowest BCUT2D eigenvalue weighted by molar-refractivity contribution is -0.0561. The number of aromatic nitrogens is 3. The zero-order valence-electron chi connectivity index (χ0n) is 18.5. The van der Waals surface area contributed by atoms with Gasteiger partial charge in [0.05, 0.1) is 17.0 Å². The van der Waals surface area contributed by atoms with Crippen LogP contribution in [0.4, 0.5) is 19.0 Å². The summed E-state index contributed by atoms with van der Waals surface area (Å²) in [5, 5.41) is 17.0. The first-order valence-electron chi connectivity index (χ1n) is 10.6. The van der Waals surface area contributed by atoms with E-state index in [-0.39, 0.29) is 16.8 Å². The minimum Gasteiger partial charge on any atom is -0.390 e. The van der Waals surface area contributed by atoms with Crippen molar-refractivity contribution in [3.63, 3.8) is 0 Å². The molecule has 2 aromatic heterocycles. The van der Waals surface area contributed by atoms with Crippen LogP contribution in [0.1, 0.15) is 42.5 Å². The Kier molecular flexibility index (Phi) is 5.60. The standard InChI is InChI=1S/C23H25F3N4O3/c1-13-15(5-4-6-18(13)23(25,26)12-31)14(2)27-20-17-10-30(22(11-24)7-8-22)19(32)9-16(17)21(33)29(3)28-20/h4-6,9-10,14,31H,7-8,11-12H2,1-3H3,(H,27,28)/t14-/m0/s1. The van der Waals surface area contributed by atoms with Gasteiger partial charge in [0, 0.05) is 30.3 Å². The first-order valence-corrected chi connectivity index (χ1v) is 10.6. The van der Waals surface area contributed by atoms with E-state index < -0.39 is 41.9 Å². The molecule has 0 unspecified atom stereocenters. The van der Waals surface area contributed by atoms with Gasteiger partial charge in [-0.15, -0.1) is 0 Å². The normalized spacial score (nSPS) is 16.1. The summed E-state index contributed by atoms with van der Waals surface area (Å²) in [5.74, 6) is -3.12. The number of benzene rings is 1. The van der Waals surface area contributed by atoms with Crippen molar-refractivity contribution >= 4 is 16.6 Å². The second kappa shape index (κ2) is 8.02. The number of pyridine rings is 1. The quantitative estimate of drug-likeness (QED) is 0.563. The fourth-order valence-electron chi connectivity index (χ4n) is 4.27. The van der Waals surface area contributed by atoms with Crippen LogP contribution >= 0.6 is 0 Å². The number of aliphatic hydroxyl groups excluding tert-OH is 1. The number of anilines is 1. The lowest BCUT2D eigenvalue weighted by atomic mass is 9.94. The molecule has 1 aliphatic rings. The lowest BCUT2D eigenvalue weighted by Crippen LogP contribution is -2.33. The van der Waals surface area contributed by atoms with Crippen LogP contribution in [0.3, 0.4) is 0 Å². The maximum Gasteiger partial charge on any atom is 0.296 e. The molecule has 33 heavy (non-hydrogen) atoms. The number of fused-ring (bicyclic) bond motifs is 1. The predicted octanol–water partition coefficient (Wildman–Crippen LogP) is 3.12. The van der Waals surface area contributed by atoms with Crippen molar-refractivity contribution in [2.75, 3.05) is 18.6 Å². The van der Waals surface area contributed by atoms with Crippen LogP contribution in [0, 0.1) is 6.92 Å². The van der Waals surface area contributed by atoms with Crippen molar-refractivity contribution in [2.45, 2.75) is 44.2 Å². The molecule has 2 N–H and O–H groups in total. The number of aryl methyl sites for hydroxylation is 1. The van der Waals surface area contributed by atoms with Crippen molar-refractivity contribution in [3.05, 3.63) is 67.9 Å². The maximum atomic E-state index is 14.2. The third-order valence-electron chi connectivity index (χ3n) is 6.46. The molecular weight excluding hydrogens is 437 g/mol. The van der Waals surface area contributed by atoms with Gasteiger partial charge in [0.1, 0.15) is 13.3 Å². The van der Waals surface area contributed by atoms with Gasteiger partial charge < -0.3 is 15.0 Å². The summed E-state index contributed by atoms with van der Waals surface area (Å²) in [6, 6.07) is 5.13. The third kappa shape index (κ3) is 3.82. The van der Waals surface area contributed by atoms with E-state index in [0.29, 0.717) is 29.4 Å². The number of alkyl halides is 3. The third-order valence-corrected chi connectivity index (χ3v) is 6.46. The Hall–Kier alpha value is -3.14. The van der Waals surface area contributed by atoms with Gasteiger partial charge in [0.2, 0.25) is 0 Å². The molecule has 0 radical (unpaired) electrons. The van der Waals surface area contributed by atoms with Crippen molar-refractivity contribution < 1.29 is 18.3 Å². The number of aliphatic hydroxyl groups is 1. The minimum atomic E-state index is -3.39. The molecule has 0 aliphatic heterocycles. The van der Waals surface area contributed by atoms with E-state index in [0.717, 1.165) is 4.68 Å². The molecule has 0 saturated heterocycles. The van der Waals surface area contributed by atoms with Crippen molar-refractivity contribution in [1.29, 1.82) is 0 Å². The molecular formula is C23H25F3N4O3. The van der Waals surface area contributed by atoms with E-state index in [4.69, 9.17) is 5.11 Å². The van der Waals surface area contributed by atoms with Crippen molar-refractivity contribution in [2.24, 2.45) is 7.05 Å². The fourth-order valence-corrected chi connectivity index (χ4v) is 4.27. The molecule has 176 valence electrons.